The number of rotatable bonds is 5. The number of carbonyl (C=O) groups is 1. The molecule has 1 fully saturated rings. The van der Waals surface area contributed by atoms with E-state index in [-0.39, 0.29) is 5.91 Å². The highest BCUT2D eigenvalue weighted by atomic mass is 16.2. The third kappa shape index (κ3) is 3.66. The van der Waals surface area contributed by atoms with Crippen molar-refractivity contribution in [3.63, 3.8) is 0 Å². The number of hydrogen-bond donors (Lipinski definition) is 0. The van der Waals surface area contributed by atoms with Crippen LogP contribution in [0, 0.1) is 6.92 Å². The molecule has 0 saturated carbocycles. The molecule has 0 aliphatic carbocycles. The van der Waals surface area contributed by atoms with Crippen molar-refractivity contribution in [1.82, 2.24) is 44.0 Å². The second kappa shape index (κ2) is 8.19. The molecule has 10 nitrogen and oxygen atoms in total. The molecule has 166 valence electrons. The molecule has 1 aliphatic heterocycles. The fourth-order valence-corrected chi connectivity index (χ4v) is 4.30. The molecule has 0 bridgehead atoms. The Hall–Kier alpha value is -3.53. The van der Waals surface area contributed by atoms with Gasteiger partial charge in [-0.1, -0.05) is 0 Å². The standard InChI is InChI=1S/C22H27N9O/c1-4-30-16(2)18(13-25-30)20-5-6-23-21-11-19(26-31(20)21)22(32)29-9-7-28(8-10-29)15-17-12-24-27(3)14-17/h5-6,11-14H,4,7-10,15H2,1-3H3. The van der Waals surface area contributed by atoms with Crippen molar-refractivity contribution in [2.24, 2.45) is 7.05 Å². The number of hydrogen-bond acceptors (Lipinski definition) is 6. The monoisotopic (exact) mass is 433 g/mol. The van der Waals surface area contributed by atoms with Gasteiger partial charge in [0.2, 0.25) is 0 Å². The molecule has 0 radical (unpaired) electrons. The third-order valence-corrected chi connectivity index (χ3v) is 6.08. The van der Waals surface area contributed by atoms with Gasteiger partial charge in [-0.05, 0) is 19.9 Å². The highest BCUT2D eigenvalue weighted by molar-refractivity contribution is 5.93. The van der Waals surface area contributed by atoms with Gasteiger partial charge in [-0.15, -0.1) is 0 Å². The first kappa shape index (κ1) is 20.4. The summed E-state index contributed by atoms with van der Waals surface area (Å²) in [4.78, 5) is 21.8. The average Bonchev–Trinajstić information content (AvgIpc) is 3.51. The third-order valence-electron chi connectivity index (χ3n) is 6.08. The Balaban J connectivity index is 1.33. The van der Waals surface area contributed by atoms with E-state index in [1.54, 1.807) is 16.8 Å². The SMILES string of the molecule is CCn1ncc(-c2ccnc3cc(C(=O)N4CCN(Cc5cnn(C)c5)CC4)nn23)c1C. The lowest BCUT2D eigenvalue weighted by Crippen LogP contribution is -2.48. The van der Waals surface area contributed by atoms with E-state index >= 15 is 0 Å². The molecule has 1 saturated heterocycles. The number of nitrogens with zero attached hydrogens (tertiary/aromatic N) is 9. The molecule has 5 rings (SSSR count). The fourth-order valence-electron chi connectivity index (χ4n) is 4.30. The minimum atomic E-state index is -0.0524. The van der Waals surface area contributed by atoms with Crippen LogP contribution < -0.4 is 0 Å². The van der Waals surface area contributed by atoms with Crippen LogP contribution in [0.25, 0.3) is 16.9 Å². The molecular formula is C22H27N9O. The molecule has 0 aromatic carbocycles. The number of carbonyl (C=O) groups excluding carboxylic acids is 1. The number of fused-ring (bicyclic) bond motifs is 1. The highest BCUT2D eigenvalue weighted by Gasteiger charge is 2.25. The summed E-state index contributed by atoms with van der Waals surface area (Å²) < 4.78 is 5.51. The molecule has 4 aromatic rings. The summed E-state index contributed by atoms with van der Waals surface area (Å²) in [6, 6.07) is 3.68. The largest absolute Gasteiger partial charge is 0.335 e. The summed E-state index contributed by atoms with van der Waals surface area (Å²) in [5.41, 5.74) is 5.20. The Morgan fingerprint density at radius 3 is 2.62 bits per heavy atom. The Kier molecular flexibility index (Phi) is 5.22. The topological polar surface area (TPSA) is 89.4 Å². The summed E-state index contributed by atoms with van der Waals surface area (Å²) in [7, 11) is 1.92. The molecule has 32 heavy (non-hydrogen) atoms. The van der Waals surface area contributed by atoms with Crippen molar-refractivity contribution in [2.45, 2.75) is 26.9 Å². The maximum atomic E-state index is 13.2. The molecule has 0 unspecified atom stereocenters. The number of piperazine rings is 1. The summed E-state index contributed by atoms with van der Waals surface area (Å²) in [5.74, 6) is -0.0524. The molecule has 0 atom stereocenters. The maximum Gasteiger partial charge on any atom is 0.274 e. The highest BCUT2D eigenvalue weighted by Crippen LogP contribution is 2.24. The molecule has 4 aromatic heterocycles. The predicted octanol–water partition coefficient (Wildman–Crippen LogP) is 1.61. The second-order valence-electron chi connectivity index (χ2n) is 8.18. The molecule has 5 heterocycles. The lowest BCUT2D eigenvalue weighted by Gasteiger charge is -2.34. The van der Waals surface area contributed by atoms with Crippen LogP contribution in [0.2, 0.25) is 0 Å². The molecule has 0 spiro atoms. The van der Waals surface area contributed by atoms with Crippen molar-refractivity contribution in [2.75, 3.05) is 26.2 Å². The Morgan fingerprint density at radius 2 is 1.94 bits per heavy atom. The number of aryl methyl sites for hydroxylation is 2. The van der Waals surface area contributed by atoms with Gasteiger partial charge in [0.05, 0.1) is 18.1 Å². The summed E-state index contributed by atoms with van der Waals surface area (Å²) in [6.07, 6.45) is 7.52. The number of amides is 1. The van der Waals surface area contributed by atoms with E-state index in [0.29, 0.717) is 24.4 Å². The zero-order valence-corrected chi connectivity index (χ0v) is 18.6. The van der Waals surface area contributed by atoms with Crippen molar-refractivity contribution in [3.8, 4) is 11.3 Å². The van der Waals surface area contributed by atoms with E-state index in [0.717, 1.165) is 43.1 Å². The van der Waals surface area contributed by atoms with Crippen LogP contribution in [-0.2, 0) is 20.1 Å². The molecule has 0 N–H and O–H groups in total. The van der Waals surface area contributed by atoms with E-state index in [1.165, 1.54) is 5.56 Å². The van der Waals surface area contributed by atoms with E-state index in [9.17, 15) is 4.79 Å². The van der Waals surface area contributed by atoms with Gasteiger partial charge in [0, 0.05) is 81.6 Å². The summed E-state index contributed by atoms with van der Waals surface area (Å²) >= 11 is 0. The lowest BCUT2D eigenvalue weighted by atomic mass is 10.2. The van der Waals surface area contributed by atoms with Gasteiger partial charge < -0.3 is 4.90 Å². The molecular weight excluding hydrogens is 406 g/mol. The van der Waals surface area contributed by atoms with Crippen LogP contribution in [0.3, 0.4) is 0 Å². The van der Waals surface area contributed by atoms with Gasteiger partial charge in [0.25, 0.3) is 5.91 Å². The first-order valence-corrected chi connectivity index (χ1v) is 10.9. The van der Waals surface area contributed by atoms with Crippen molar-refractivity contribution in [1.29, 1.82) is 0 Å². The van der Waals surface area contributed by atoms with E-state index in [4.69, 9.17) is 0 Å². The normalized spacial score (nSPS) is 15.0. The van der Waals surface area contributed by atoms with Crippen LogP contribution in [0.4, 0.5) is 0 Å². The summed E-state index contributed by atoms with van der Waals surface area (Å²) in [6.45, 7) is 8.76. The van der Waals surface area contributed by atoms with Gasteiger partial charge in [-0.2, -0.15) is 15.3 Å². The van der Waals surface area contributed by atoms with Crippen LogP contribution in [0.5, 0.6) is 0 Å². The Bertz CT molecular complexity index is 1260. The van der Waals surface area contributed by atoms with E-state index < -0.39 is 0 Å². The predicted molar refractivity (Wildman–Crippen MR) is 119 cm³/mol. The van der Waals surface area contributed by atoms with Gasteiger partial charge in [0.15, 0.2) is 11.3 Å². The van der Waals surface area contributed by atoms with Crippen LogP contribution in [0.15, 0.2) is 36.9 Å². The maximum absolute atomic E-state index is 13.2. The minimum Gasteiger partial charge on any atom is -0.335 e. The Morgan fingerprint density at radius 1 is 1.12 bits per heavy atom. The summed E-state index contributed by atoms with van der Waals surface area (Å²) in [5, 5.41) is 13.3. The van der Waals surface area contributed by atoms with Gasteiger partial charge in [-0.25, -0.2) is 9.50 Å². The zero-order chi connectivity index (χ0) is 22.2. The van der Waals surface area contributed by atoms with Gasteiger partial charge in [-0.3, -0.25) is 19.1 Å². The van der Waals surface area contributed by atoms with Crippen LogP contribution >= 0.6 is 0 Å². The van der Waals surface area contributed by atoms with E-state index in [2.05, 4.69) is 32.1 Å². The smallest absolute Gasteiger partial charge is 0.274 e. The molecule has 1 aliphatic rings. The average molecular weight is 434 g/mol. The van der Waals surface area contributed by atoms with E-state index in [1.807, 2.05) is 52.9 Å². The lowest BCUT2D eigenvalue weighted by molar-refractivity contribution is 0.0622. The van der Waals surface area contributed by atoms with Crippen molar-refractivity contribution >= 4 is 11.6 Å². The first-order chi connectivity index (χ1) is 15.5. The molecule has 10 heteroatoms. The van der Waals surface area contributed by atoms with Gasteiger partial charge in [0.1, 0.15) is 0 Å². The second-order valence-corrected chi connectivity index (χ2v) is 8.18. The van der Waals surface area contributed by atoms with Crippen molar-refractivity contribution < 1.29 is 4.79 Å². The first-order valence-electron chi connectivity index (χ1n) is 10.9. The van der Waals surface area contributed by atoms with Crippen LogP contribution in [0.1, 0.15) is 28.7 Å². The quantitative estimate of drug-likeness (QED) is 0.475. The zero-order valence-electron chi connectivity index (χ0n) is 18.6. The van der Waals surface area contributed by atoms with Crippen LogP contribution in [-0.4, -0.2) is 76.0 Å². The Labute approximate surface area is 186 Å². The fraction of sp³-hybridized carbons (Fsp3) is 0.409. The minimum absolute atomic E-state index is 0.0524. The molecule has 1 amide bonds. The van der Waals surface area contributed by atoms with Crippen molar-refractivity contribution in [3.05, 3.63) is 53.9 Å². The number of aromatic nitrogens is 7. The van der Waals surface area contributed by atoms with Gasteiger partial charge >= 0.3 is 0 Å².